The Bertz CT molecular complexity index is 893. The summed E-state index contributed by atoms with van der Waals surface area (Å²) >= 11 is 0. The van der Waals surface area contributed by atoms with Crippen molar-refractivity contribution in [2.75, 3.05) is 13.1 Å². The molecule has 2 aromatic heterocycles. The molecule has 0 fully saturated rings. The quantitative estimate of drug-likeness (QED) is 0.416. The highest BCUT2D eigenvalue weighted by Crippen LogP contribution is 2.27. The number of fused-ring (bicyclic) bond motifs is 1. The van der Waals surface area contributed by atoms with E-state index in [1.807, 2.05) is 19.9 Å². The first-order chi connectivity index (χ1) is 12.0. The molecule has 0 bridgehead atoms. The van der Waals surface area contributed by atoms with Crippen LogP contribution in [0.1, 0.15) is 19.4 Å². The number of aromatic nitrogens is 2. The maximum Gasteiger partial charge on any atom is 0.345 e. The van der Waals surface area contributed by atoms with Crippen molar-refractivity contribution in [2.24, 2.45) is 0 Å². The fraction of sp³-hybridized carbons (Fsp3) is 0.235. The number of Topliss-reactive ketones (excluding diaryl/α,β-unsaturated/α-hetero) is 1. The van der Waals surface area contributed by atoms with Crippen molar-refractivity contribution in [3.63, 3.8) is 0 Å². The molecule has 0 atom stereocenters. The number of hydrogen-bond acceptors (Lipinski definition) is 6. The fourth-order valence-electron chi connectivity index (χ4n) is 2.56. The summed E-state index contributed by atoms with van der Waals surface area (Å²) in [5.74, 6) is -2.11. The van der Waals surface area contributed by atoms with Crippen molar-refractivity contribution in [3.05, 3.63) is 47.3 Å². The molecule has 0 saturated heterocycles. The van der Waals surface area contributed by atoms with Crippen LogP contribution in [0.15, 0.2) is 41.7 Å². The largest absolute Gasteiger partial charge is 0.477 e. The lowest BCUT2D eigenvalue weighted by atomic mass is 10.1. The van der Waals surface area contributed by atoms with Gasteiger partial charge in [0.1, 0.15) is 5.65 Å². The smallest absolute Gasteiger partial charge is 0.345 e. The minimum Gasteiger partial charge on any atom is -0.477 e. The molecule has 1 aliphatic rings. The second-order valence-electron chi connectivity index (χ2n) is 5.38. The fourth-order valence-corrected chi connectivity index (χ4v) is 2.56. The van der Waals surface area contributed by atoms with E-state index in [0.29, 0.717) is 24.3 Å². The molecule has 0 saturated carbocycles. The molecule has 0 aliphatic carbocycles. The zero-order valence-corrected chi connectivity index (χ0v) is 13.9. The number of hydrogen-bond donors (Lipinski definition) is 3. The molecule has 0 unspecified atom stereocenters. The van der Waals surface area contributed by atoms with E-state index in [4.69, 9.17) is 4.74 Å². The SMILES string of the molecule is CCN(CC)NC1=C(C(=O)O)C(=O)/C(=C/c2c[nH]c3ncccc23)O1. The van der Waals surface area contributed by atoms with Gasteiger partial charge >= 0.3 is 5.97 Å². The standard InChI is InChI=1S/C17H18N4O4/c1-3-21(4-2)20-16-13(17(23)24)14(22)12(25-16)8-10-9-19-15-11(10)6-5-7-18-15/h5-9,20H,3-4H2,1-2H3,(H,18,19)(H,23,24)/b12-8-. The number of carboxylic acids is 1. The van der Waals surface area contributed by atoms with Gasteiger partial charge in [0.15, 0.2) is 11.3 Å². The Labute approximate surface area is 143 Å². The van der Waals surface area contributed by atoms with Crippen molar-refractivity contribution in [3.8, 4) is 0 Å². The van der Waals surface area contributed by atoms with Gasteiger partial charge in [-0.05, 0) is 18.2 Å². The first kappa shape index (κ1) is 16.7. The van der Waals surface area contributed by atoms with Crippen molar-refractivity contribution in [1.29, 1.82) is 0 Å². The van der Waals surface area contributed by atoms with Gasteiger partial charge in [-0.1, -0.05) is 13.8 Å². The number of carbonyl (C=O) groups excluding carboxylic acids is 1. The van der Waals surface area contributed by atoms with Crippen LogP contribution in [-0.4, -0.2) is 44.9 Å². The molecular formula is C17H18N4O4. The van der Waals surface area contributed by atoms with Crippen molar-refractivity contribution in [1.82, 2.24) is 20.4 Å². The maximum absolute atomic E-state index is 12.5. The molecule has 3 heterocycles. The summed E-state index contributed by atoms with van der Waals surface area (Å²) in [6, 6.07) is 3.63. The molecule has 0 radical (unpaired) electrons. The Balaban J connectivity index is 1.95. The van der Waals surface area contributed by atoms with Gasteiger partial charge in [-0.3, -0.25) is 10.2 Å². The Morgan fingerprint density at radius 1 is 1.44 bits per heavy atom. The number of carbonyl (C=O) groups is 2. The van der Waals surface area contributed by atoms with Crippen molar-refractivity contribution >= 4 is 28.9 Å². The van der Waals surface area contributed by atoms with Crippen LogP contribution < -0.4 is 5.43 Å². The maximum atomic E-state index is 12.5. The van der Waals surface area contributed by atoms with Crippen LogP contribution in [-0.2, 0) is 14.3 Å². The normalized spacial score (nSPS) is 16.1. The van der Waals surface area contributed by atoms with Gasteiger partial charge in [0.05, 0.1) is 0 Å². The van der Waals surface area contributed by atoms with E-state index < -0.39 is 17.3 Å². The summed E-state index contributed by atoms with van der Waals surface area (Å²) in [4.78, 5) is 31.1. The number of nitrogens with one attached hydrogen (secondary N) is 2. The number of ketones is 1. The van der Waals surface area contributed by atoms with Gasteiger partial charge < -0.3 is 14.8 Å². The van der Waals surface area contributed by atoms with Gasteiger partial charge in [-0.25, -0.2) is 14.8 Å². The number of hydrazine groups is 1. The molecule has 8 nitrogen and oxygen atoms in total. The minimum atomic E-state index is -1.33. The molecule has 130 valence electrons. The number of aliphatic carboxylic acids is 1. The highest BCUT2D eigenvalue weighted by Gasteiger charge is 2.36. The Hall–Kier alpha value is -3.13. The third kappa shape index (κ3) is 3.11. The Kier molecular flexibility index (Phi) is 4.53. The number of allylic oxidation sites excluding steroid dienone is 1. The van der Waals surface area contributed by atoms with Crippen LogP contribution in [0.4, 0.5) is 0 Å². The van der Waals surface area contributed by atoms with Gasteiger partial charge in [0.2, 0.25) is 11.7 Å². The topological polar surface area (TPSA) is 108 Å². The average molecular weight is 342 g/mol. The number of nitrogens with zero attached hydrogens (tertiary/aromatic N) is 2. The van der Waals surface area contributed by atoms with E-state index in [-0.39, 0.29) is 11.6 Å². The Morgan fingerprint density at radius 2 is 2.20 bits per heavy atom. The molecule has 3 rings (SSSR count). The highest BCUT2D eigenvalue weighted by molar-refractivity contribution is 6.26. The predicted molar refractivity (Wildman–Crippen MR) is 90.9 cm³/mol. The zero-order chi connectivity index (χ0) is 18.0. The van der Waals surface area contributed by atoms with Crippen LogP contribution in [0.2, 0.25) is 0 Å². The lowest BCUT2D eigenvalue weighted by molar-refractivity contribution is -0.134. The summed E-state index contributed by atoms with van der Waals surface area (Å²) in [7, 11) is 0. The van der Waals surface area contributed by atoms with Crippen LogP contribution in [0, 0.1) is 0 Å². The summed E-state index contributed by atoms with van der Waals surface area (Å²) in [5.41, 5.74) is 3.81. The first-order valence-electron chi connectivity index (χ1n) is 7.90. The molecule has 1 aliphatic heterocycles. The van der Waals surface area contributed by atoms with Gasteiger partial charge in [0, 0.05) is 36.4 Å². The number of pyridine rings is 1. The lowest BCUT2D eigenvalue weighted by Gasteiger charge is -2.20. The summed E-state index contributed by atoms with van der Waals surface area (Å²) in [5, 5.41) is 11.9. The van der Waals surface area contributed by atoms with Crippen LogP contribution in [0.5, 0.6) is 0 Å². The van der Waals surface area contributed by atoms with E-state index >= 15 is 0 Å². The molecule has 3 N–H and O–H groups in total. The molecule has 0 spiro atoms. The first-order valence-corrected chi connectivity index (χ1v) is 7.90. The van der Waals surface area contributed by atoms with E-state index in [9.17, 15) is 14.7 Å². The molecule has 8 heteroatoms. The zero-order valence-electron chi connectivity index (χ0n) is 13.9. The highest BCUT2D eigenvalue weighted by atomic mass is 16.5. The number of carboxylic acid groups (broad SMARTS) is 1. The molecule has 0 aromatic carbocycles. The van der Waals surface area contributed by atoms with Gasteiger partial charge in [-0.2, -0.15) is 0 Å². The van der Waals surface area contributed by atoms with Gasteiger partial charge in [0.25, 0.3) is 0 Å². The van der Waals surface area contributed by atoms with Gasteiger partial charge in [-0.15, -0.1) is 0 Å². The number of H-pyrrole nitrogens is 1. The number of rotatable bonds is 6. The summed E-state index contributed by atoms with van der Waals surface area (Å²) < 4.78 is 5.53. The molecular weight excluding hydrogens is 324 g/mol. The van der Waals surface area contributed by atoms with E-state index in [2.05, 4.69) is 15.4 Å². The third-order valence-electron chi connectivity index (χ3n) is 3.90. The molecule has 2 aromatic rings. The number of aromatic amines is 1. The second kappa shape index (κ2) is 6.78. The molecule has 0 amide bonds. The average Bonchev–Trinajstić information content (AvgIpc) is 3.14. The Morgan fingerprint density at radius 3 is 2.88 bits per heavy atom. The van der Waals surface area contributed by atoms with Crippen LogP contribution in [0.25, 0.3) is 17.1 Å². The predicted octanol–water partition coefficient (Wildman–Crippen LogP) is 1.65. The summed E-state index contributed by atoms with van der Waals surface area (Å²) in [6.45, 7) is 5.06. The third-order valence-corrected chi connectivity index (χ3v) is 3.90. The van der Waals surface area contributed by atoms with Crippen LogP contribution >= 0.6 is 0 Å². The van der Waals surface area contributed by atoms with E-state index in [1.165, 1.54) is 6.08 Å². The monoisotopic (exact) mass is 342 g/mol. The second-order valence-corrected chi connectivity index (χ2v) is 5.38. The molecule has 25 heavy (non-hydrogen) atoms. The lowest BCUT2D eigenvalue weighted by Crippen LogP contribution is -2.37. The van der Waals surface area contributed by atoms with Crippen molar-refractivity contribution in [2.45, 2.75) is 13.8 Å². The number of ether oxygens (including phenoxy) is 1. The summed E-state index contributed by atoms with van der Waals surface area (Å²) in [6.07, 6.45) is 4.86. The van der Waals surface area contributed by atoms with Crippen LogP contribution in [0.3, 0.4) is 0 Å². The van der Waals surface area contributed by atoms with E-state index in [0.717, 1.165) is 5.39 Å². The van der Waals surface area contributed by atoms with Crippen molar-refractivity contribution < 1.29 is 19.4 Å². The minimum absolute atomic E-state index is 0.0446. The van der Waals surface area contributed by atoms with E-state index in [1.54, 1.807) is 23.5 Å².